The van der Waals surface area contributed by atoms with Crippen LogP contribution >= 0.6 is 0 Å². The highest BCUT2D eigenvalue weighted by Gasteiger charge is 2.26. The molecule has 0 bridgehead atoms. The molecule has 3 heterocycles. The van der Waals surface area contributed by atoms with Gasteiger partial charge in [0.25, 0.3) is 5.91 Å². The Kier molecular flexibility index (Phi) is 7.12. The Morgan fingerprint density at radius 2 is 2.00 bits per heavy atom. The third kappa shape index (κ3) is 5.32. The predicted molar refractivity (Wildman–Crippen MR) is 126 cm³/mol. The minimum Gasteiger partial charge on any atom is -0.377 e. The third-order valence-corrected chi connectivity index (χ3v) is 5.83. The summed E-state index contributed by atoms with van der Waals surface area (Å²) in [6.07, 6.45) is 3.76. The molecule has 0 radical (unpaired) electrons. The largest absolute Gasteiger partial charge is 0.377 e. The maximum absolute atomic E-state index is 13.1. The number of amides is 1. The zero-order chi connectivity index (χ0) is 22.3. The van der Waals surface area contributed by atoms with Crippen LogP contribution in [0.15, 0.2) is 60.8 Å². The molecule has 3 aromatic rings. The third-order valence-electron chi connectivity index (χ3n) is 5.83. The van der Waals surface area contributed by atoms with Crippen molar-refractivity contribution in [3.63, 3.8) is 0 Å². The average Bonchev–Trinajstić information content (AvgIpc) is 2.84. The van der Waals surface area contributed by atoms with E-state index in [0.717, 1.165) is 53.4 Å². The highest BCUT2D eigenvalue weighted by Crippen LogP contribution is 2.28. The van der Waals surface area contributed by atoms with Crippen molar-refractivity contribution < 1.29 is 9.53 Å². The number of nitrogens with zero attached hydrogens (tertiary/aromatic N) is 3. The van der Waals surface area contributed by atoms with Crippen LogP contribution in [0.3, 0.4) is 0 Å². The number of piperidine rings is 1. The quantitative estimate of drug-likeness (QED) is 0.566. The maximum atomic E-state index is 13.1. The number of carbonyl (C=O) groups excluding carboxylic acids is 1. The average molecular weight is 431 g/mol. The molecule has 1 aliphatic heterocycles. The van der Waals surface area contributed by atoms with Crippen LogP contribution < -0.4 is 5.32 Å². The topological polar surface area (TPSA) is 67.3 Å². The second-order valence-corrected chi connectivity index (χ2v) is 8.17. The van der Waals surface area contributed by atoms with Gasteiger partial charge in [0.1, 0.15) is 11.6 Å². The number of hydrogen-bond donors (Lipinski definition) is 1. The predicted octanol–water partition coefficient (Wildman–Crippen LogP) is 5.08. The molecule has 4 rings (SSSR count). The number of nitrogens with one attached hydrogen (secondary N) is 1. The van der Waals surface area contributed by atoms with Crippen molar-refractivity contribution >= 4 is 17.5 Å². The lowest BCUT2D eigenvalue weighted by atomic mass is 9.93. The van der Waals surface area contributed by atoms with Gasteiger partial charge in [0.2, 0.25) is 0 Å². The van der Waals surface area contributed by atoms with Crippen molar-refractivity contribution in [2.24, 2.45) is 0 Å². The maximum Gasteiger partial charge on any atom is 0.253 e. The Balaban J connectivity index is 1.43. The first-order valence-electron chi connectivity index (χ1n) is 11.3. The van der Waals surface area contributed by atoms with Gasteiger partial charge in [-0.25, -0.2) is 9.97 Å². The number of aryl methyl sites for hydroxylation is 1. The van der Waals surface area contributed by atoms with E-state index in [4.69, 9.17) is 9.72 Å². The highest BCUT2D eigenvalue weighted by molar-refractivity contribution is 5.94. The summed E-state index contributed by atoms with van der Waals surface area (Å²) in [5, 5.41) is 3.32. The molecule has 32 heavy (non-hydrogen) atoms. The van der Waals surface area contributed by atoms with Crippen molar-refractivity contribution in [3.05, 3.63) is 83.2 Å². The lowest BCUT2D eigenvalue weighted by Crippen LogP contribution is -2.39. The molecule has 1 fully saturated rings. The molecule has 0 spiro atoms. The Labute approximate surface area is 189 Å². The van der Waals surface area contributed by atoms with E-state index in [0.29, 0.717) is 19.8 Å². The van der Waals surface area contributed by atoms with Crippen LogP contribution in [-0.2, 0) is 11.3 Å². The van der Waals surface area contributed by atoms with Crippen LogP contribution in [0.1, 0.15) is 52.9 Å². The summed E-state index contributed by atoms with van der Waals surface area (Å²) in [7, 11) is 0. The first kappa shape index (κ1) is 22.0. The molecule has 166 valence electrons. The van der Waals surface area contributed by atoms with E-state index in [1.807, 2.05) is 67.3 Å². The van der Waals surface area contributed by atoms with Gasteiger partial charge in [-0.1, -0.05) is 24.3 Å². The Hall–Kier alpha value is -3.25. The van der Waals surface area contributed by atoms with Crippen molar-refractivity contribution in [2.45, 2.75) is 39.2 Å². The van der Waals surface area contributed by atoms with Gasteiger partial charge in [0.05, 0.1) is 6.61 Å². The Morgan fingerprint density at radius 1 is 1.16 bits per heavy atom. The Bertz CT molecular complexity index is 1050. The van der Waals surface area contributed by atoms with Gasteiger partial charge < -0.3 is 15.0 Å². The number of likely N-dealkylation sites (tertiary alicyclic amines) is 1. The standard InChI is InChI=1S/C26H30N4O2/c1-3-32-18-20-11-13-21(14-12-20)26(31)30-16-6-8-22(17-30)23-9-4-10-24(28-23)29-25-19(2)7-5-15-27-25/h4-5,7,9-15,22H,3,6,8,16-18H2,1-2H3,(H,27,28,29). The molecule has 1 amide bonds. The molecule has 2 aromatic heterocycles. The van der Waals surface area contributed by atoms with E-state index < -0.39 is 0 Å². The second-order valence-electron chi connectivity index (χ2n) is 8.17. The minimum absolute atomic E-state index is 0.0797. The summed E-state index contributed by atoms with van der Waals surface area (Å²) in [5.74, 6) is 1.88. The van der Waals surface area contributed by atoms with E-state index in [9.17, 15) is 4.79 Å². The number of aromatic nitrogens is 2. The normalized spacial score (nSPS) is 16.1. The first-order valence-corrected chi connectivity index (χ1v) is 11.3. The number of rotatable bonds is 7. The smallest absolute Gasteiger partial charge is 0.253 e. The zero-order valence-corrected chi connectivity index (χ0v) is 18.8. The molecule has 1 aliphatic rings. The molecule has 1 unspecified atom stereocenters. The summed E-state index contributed by atoms with van der Waals surface area (Å²) >= 11 is 0. The number of hydrogen-bond acceptors (Lipinski definition) is 5. The molecule has 6 nitrogen and oxygen atoms in total. The van der Waals surface area contributed by atoms with Crippen LogP contribution in [-0.4, -0.2) is 40.5 Å². The number of anilines is 2. The van der Waals surface area contributed by atoms with Gasteiger partial charge >= 0.3 is 0 Å². The lowest BCUT2D eigenvalue weighted by molar-refractivity contribution is 0.0705. The van der Waals surface area contributed by atoms with Gasteiger partial charge in [-0.2, -0.15) is 0 Å². The van der Waals surface area contributed by atoms with Crippen molar-refractivity contribution in [2.75, 3.05) is 25.0 Å². The van der Waals surface area contributed by atoms with Gasteiger partial charge in [-0.15, -0.1) is 0 Å². The van der Waals surface area contributed by atoms with E-state index in [1.165, 1.54) is 0 Å². The van der Waals surface area contributed by atoms with E-state index in [-0.39, 0.29) is 11.8 Å². The summed E-state index contributed by atoms with van der Waals surface area (Å²) < 4.78 is 5.44. The van der Waals surface area contributed by atoms with Crippen LogP contribution in [0.2, 0.25) is 0 Å². The molecule has 1 atom stereocenters. The summed E-state index contributed by atoms with van der Waals surface area (Å²) in [5.41, 5.74) is 3.88. The number of pyridine rings is 2. The summed E-state index contributed by atoms with van der Waals surface area (Å²) in [4.78, 5) is 24.3. The van der Waals surface area contributed by atoms with E-state index >= 15 is 0 Å². The minimum atomic E-state index is 0.0797. The molecular formula is C26H30N4O2. The van der Waals surface area contributed by atoms with Gasteiger partial charge in [0.15, 0.2) is 0 Å². The monoisotopic (exact) mass is 430 g/mol. The van der Waals surface area contributed by atoms with Gasteiger partial charge in [-0.3, -0.25) is 4.79 Å². The molecule has 1 N–H and O–H groups in total. The molecule has 0 aliphatic carbocycles. The van der Waals surface area contributed by atoms with Crippen LogP contribution in [0.4, 0.5) is 11.6 Å². The molecular weight excluding hydrogens is 400 g/mol. The second kappa shape index (κ2) is 10.4. The Morgan fingerprint density at radius 3 is 2.78 bits per heavy atom. The molecule has 6 heteroatoms. The molecule has 1 saturated heterocycles. The fourth-order valence-electron chi connectivity index (χ4n) is 4.04. The van der Waals surface area contributed by atoms with Gasteiger partial charge in [0, 0.05) is 43.1 Å². The highest BCUT2D eigenvalue weighted by atomic mass is 16.5. The molecule has 0 saturated carbocycles. The fourth-order valence-corrected chi connectivity index (χ4v) is 4.04. The number of benzene rings is 1. The van der Waals surface area contributed by atoms with Crippen molar-refractivity contribution in [1.29, 1.82) is 0 Å². The fraction of sp³-hybridized carbons (Fsp3) is 0.346. The number of ether oxygens (including phenoxy) is 1. The van der Waals surface area contributed by atoms with Gasteiger partial charge in [-0.05, 0) is 68.1 Å². The summed E-state index contributed by atoms with van der Waals surface area (Å²) in [6, 6.07) is 17.7. The van der Waals surface area contributed by atoms with Crippen LogP contribution in [0.5, 0.6) is 0 Å². The summed E-state index contributed by atoms with van der Waals surface area (Å²) in [6.45, 7) is 6.71. The SMILES string of the molecule is CCOCc1ccc(C(=O)N2CCCC(c3cccc(Nc4ncccc4C)n3)C2)cc1. The van der Waals surface area contributed by atoms with Crippen LogP contribution in [0.25, 0.3) is 0 Å². The zero-order valence-electron chi connectivity index (χ0n) is 18.8. The number of carbonyl (C=O) groups is 1. The first-order chi connectivity index (χ1) is 15.6. The van der Waals surface area contributed by atoms with Crippen molar-refractivity contribution in [1.82, 2.24) is 14.9 Å². The van der Waals surface area contributed by atoms with Crippen LogP contribution in [0, 0.1) is 6.92 Å². The van der Waals surface area contributed by atoms with Crippen molar-refractivity contribution in [3.8, 4) is 0 Å². The van der Waals surface area contributed by atoms with E-state index in [2.05, 4.69) is 16.4 Å². The van der Waals surface area contributed by atoms with E-state index in [1.54, 1.807) is 6.20 Å². The molecule has 1 aromatic carbocycles. The lowest BCUT2D eigenvalue weighted by Gasteiger charge is -2.32.